The van der Waals surface area contributed by atoms with Crippen LogP contribution in [0.2, 0.25) is 25.7 Å². The molecule has 1 rings (SSSR count). The third kappa shape index (κ3) is 5.84. The summed E-state index contributed by atoms with van der Waals surface area (Å²) in [5.74, 6) is -0.376. The molecule has 0 aliphatic rings. The van der Waals surface area contributed by atoms with Crippen LogP contribution in [-0.4, -0.2) is 36.8 Å². The number of imidazole rings is 1. The van der Waals surface area contributed by atoms with Crippen LogP contribution >= 0.6 is 31.9 Å². The van der Waals surface area contributed by atoms with E-state index in [9.17, 15) is 4.79 Å². The van der Waals surface area contributed by atoms with Gasteiger partial charge in [-0.15, -0.1) is 0 Å². The summed E-state index contributed by atoms with van der Waals surface area (Å²) in [6.45, 7) is 10.0. The van der Waals surface area contributed by atoms with Crippen molar-refractivity contribution >= 4 is 45.9 Å². The number of halogens is 2. The van der Waals surface area contributed by atoms with Crippen molar-refractivity contribution in [3.63, 3.8) is 0 Å². The van der Waals surface area contributed by atoms with Crippen LogP contribution in [0.5, 0.6) is 0 Å². The summed E-state index contributed by atoms with van der Waals surface area (Å²) in [6.07, 6.45) is 0. The Balaban J connectivity index is 2.80. The van der Waals surface area contributed by atoms with E-state index in [2.05, 4.69) is 56.5 Å². The van der Waals surface area contributed by atoms with Crippen molar-refractivity contribution in [3.05, 3.63) is 16.1 Å². The van der Waals surface area contributed by atoms with E-state index in [4.69, 9.17) is 9.47 Å². The third-order valence-corrected chi connectivity index (χ3v) is 5.65. The summed E-state index contributed by atoms with van der Waals surface area (Å²) in [7, 11) is -1.12. The molecule has 0 fully saturated rings. The van der Waals surface area contributed by atoms with Crippen LogP contribution in [-0.2, 0) is 21.5 Å². The Morgan fingerprint density at radius 2 is 2.05 bits per heavy atom. The van der Waals surface area contributed by atoms with Crippen LogP contribution in [0.4, 0.5) is 0 Å². The minimum absolute atomic E-state index is 0.291. The van der Waals surface area contributed by atoms with E-state index >= 15 is 0 Å². The molecule has 1 heterocycles. The first-order chi connectivity index (χ1) is 9.80. The lowest BCUT2D eigenvalue weighted by atomic mass is 10.3. The third-order valence-electron chi connectivity index (χ3n) is 2.81. The van der Waals surface area contributed by atoms with Crippen LogP contribution in [0.1, 0.15) is 23.1 Å². The van der Waals surface area contributed by atoms with Crippen LogP contribution < -0.4 is 0 Å². The molecular formula is C13H22Br2N2O3Si. The second-order valence-corrected chi connectivity index (χ2v) is 12.7. The molecule has 0 N–H and O–H groups in total. The molecule has 0 radical (unpaired) electrons. The smallest absolute Gasteiger partial charge is 0.357 e. The fraction of sp³-hybridized carbons (Fsp3) is 0.692. The van der Waals surface area contributed by atoms with Gasteiger partial charge in [0.15, 0.2) is 10.4 Å². The zero-order valence-electron chi connectivity index (χ0n) is 12.9. The van der Waals surface area contributed by atoms with E-state index in [1.807, 2.05) is 0 Å². The van der Waals surface area contributed by atoms with Gasteiger partial charge in [-0.1, -0.05) is 35.6 Å². The number of hydrogen-bond acceptors (Lipinski definition) is 4. The van der Waals surface area contributed by atoms with Crippen molar-refractivity contribution in [1.82, 2.24) is 9.55 Å². The zero-order chi connectivity index (χ0) is 16.0. The highest BCUT2D eigenvalue weighted by atomic mass is 79.9. The normalized spacial score (nSPS) is 11.7. The molecule has 21 heavy (non-hydrogen) atoms. The molecule has 1 aromatic heterocycles. The molecule has 1 aromatic rings. The maximum Gasteiger partial charge on any atom is 0.357 e. The van der Waals surface area contributed by atoms with Gasteiger partial charge in [0, 0.05) is 20.0 Å². The molecule has 0 unspecified atom stereocenters. The average Bonchev–Trinajstić information content (AvgIpc) is 2.70. The number of hydrogen-bond donors (Lipinski definition) is 0. The van der Waals surface area contributed by atoms with Crippen molar-refractivity contribution in [2.24, 2.45) is 0 Å². The highest BCUT2D eigenvalue weighted by Gasteiger charge is 2.22. The van der Waals surface area contributed by atoms with Crippen LogP contribution in [0, 0.1) is 0 Å². The van der Waals surface area contributed by atoms with Gasteiger partial charge in [0.25, 0.3) is 0 Å². The van der Waals surface area contributed by atoms with Gasteiger partial charge in [0.2, 0.25) is 0 Å². The number of carbonyl (C=O) groups is 1. The molecule has 0 aliphatic carbocycles. The number of nitrogens with zero attached hydrogens (tertiary/aromatic N) is 2. The van der Waals surface area contributed by atoms with E-state index in [1.165, 1.54) is 0 Å². The molecule has 0 atom stereocenters. The number of ether oxygens (including phenoxy) is 2. The Labute approximate surface area is 143 Å². The van der Waals surface area contributed by atoms with Gasteiger partial charge in [-0.05, 0) is 28.9 Å². The van der Waals surface area contributed by atoms with Gasteiger partial charge in [0.1, 0.15) is 6.73 Å². The SMILES string of the molecule is CCOC(=O)c1c(CBr)nc(Br)n1COCC[Si](C)(C)C. The van der Waals surface area contributed by atoms with E-state index in [1.54, 1.807) is 11.5 Å². The highest BCUT2D eigenvalue weighted by Crippen LogP contribution is 2.21. The molecule has 8 heteroatoms. The summed E-state index contributed by atoms with van der Waals surface area (Å²) in [4.78, 5) is 16.4. The minimum Gasteiger partial charge on any atom is -0.461 e. The van der Waals surface area contributed by atoms with Crippen LogP contribution in [0.25, 0.3) is 0 Å². The first-order valence-electron chi connectivity index (χ1n) is 6.86. The maximum atomic E-state index is 12.1. The van der Waals surface area contributed by atoms with Crippen molar-refractivity contribution in [2.75, 3.05) is 13.2 Å². The molecule has 0 amide bonds. The number of carbonyl (C=O) groups excluding carboxylic acids is 1. The minimum atomic E-state index is -1.12. The standard InChI is InChI=1S/C13H22Br2N2O3Si/c1-5-20-12(18)11-10(8-14)16-13(15)17(11)9-19-6-7-21(2,3)4/h5-9H2,1-4H3. The van der Waals surface area contributed by atoms with E-state index in [-0.39, 0.29) is 5.97 Å². The van der Waals surface area contributed by atoms with Gasteiger partial charge >= 0.3 is 5.97 Å². The largest absolute Gasteiger partial charge is 0.461 e. The molecule has 0 saturated heterocycles. The summed E-state index contributed by atoms with van der Waals surface area (Å²) in [5.41, 5.74) is 1.09. The summed E-state index contributed by atoms with van der Waals surface area (Å²) < 4.78 is 13.1. The second kappa shape index (κ2) is 8.45. The van der Waals surface area contributed by atoms with Crippen molar-refractivity contribution in [3.8, 4) is 0 Å². The van der Waals surface area contributed by atoms with Gasteiger partial charge in [-0.25, -0.2) is 9.78 Å². The fourth-order valence-electron chi connectivity index (χ4n) is 1.65. The first kappa shape index (κ1) is 18.9. The number of rotatable bonds is 8. The molecule has 0 bridgehead atoms. The molecule has 120 valence electrons. The van der Waals surface area contributed by atoms with Crippen molar-refractivity contribution < 1.29 is 14.3 Å². The summed E-state index contributed by atoms with van der Waals surface area (Å²) in [5, 5.41) is 0.488. The zero-order valence-corrected chi connectivity index (χ0v) is 17.1. The summed E-state index contributed by atoms with van der Waals surface area (Å²) in [6, 6.07) is 1.08. The number of aromatic nitrogens is 2. The predicted molar refractivity (Wildman–Crippen MR) is 92.6 cm³/mol. The fourth-order valence-corrected chi connectivity index (χ4v) is 3.29. The monoisotopic (exact) mass is 440 g/mol. The Kier molecular flexibility index (Phi) is 7.59. The van der Waals surface area contributed by atoms with Crippen LogP contribution in [0.3, 0.4) is 0 Å². The predicted octanol–water partition coefficient (Wildman–Crippen LogP) is 4.03. The average molecular weight is 442 g/mol. The van der Waals surface area contributed by atoms with E-state index in [0.717, 1.165) is 6.04 Å². The van der Waals surface area contributed by atoms with Gasteiger partial charge in [-0.3, -0.25) is 4.57 Å². The van der Waals surface area contributed by atoms with Gasteiger partial charge in [-0.2, -0.15) is 0 Å². The van der Waals surface area contributed by atoms with Crippen LogP contribution in [0.15, 0.2) is 4.73 Å². The quantitative estimate of drug-likeness (QED) is 0.264. The lowest BCUT2D eigenvalue weighted by molar-refractivity contribution is 0.0469. The maximum absolute atomic E-state index is 12.1. The Bertz CT molecular complexity index is 486. The molecule has 5 nitrogen and oxygen atoms in total. The Morgan fingerprint density at radius 1 is 1.38 bits per heavy atom. The molecular weight excluding hydrogens is 420 g/mol. The van der Waals surface area contributed by atoms with E-state index < -0.39 is 8.07 Å². The Morgan fingerprint density at radius 3 is 2.57 bits per heavy atom. The lowest BCUT2D eigenvalue weighted by Crippen LogP contribution is -2.22. The number of alkyl halides is 1. The second-order valence-electron chi connectivity index (χ2n) is 5.81. The van der Waals surface area contributed by atoms with Gasteiger partial charge < -0.3 is 9.47 Å². The van der Waals surface area contributed by atoms with Crippen molar-refractivity contribution in [1.29, 1.82) is 0 Å². The molecule has 0 spiro atoms. The first-order valence-corrected chi connectivity index (χ1v) is 12.5. The highest BCUT2D eigenvalue weighted by molar-refractivity contribution is 9.10. The topological polar surface area (TPSA) is 53.3 Å². The van der Waals surface area contributed by atoms with E-state index in [0.29, 0.717) is 41.4 Å². The molecule has 0 aliphatic heterocycles. The van der Waals surface area contributed by atoms with Gasteiger partial charge in [0.05, 0.1) is 12.3 Å². The molecule has 0 saturated carbocycles. The summed E-state index contributed by atoms with van der Waals surface area (Å²) >= 11 is 6.72. The lowest BCUT2D eigenvalue weighted by Gasteiger charge is -2.16. The number of esters is 1. The molecule has 0 aromatic carbocycles. The van der Waals surface area contributed by atoms with Crippen molar-refractivity contribution in [2.45, 2.75) is 44.7 Å². The Hall–Kier alpha value is -0.183.